The van der Waals surface area contributed by atoms with Gasteiger partial charge in [0.25, 0.3) is 0 Å². The molecule has 0 radical (unpaired) electrons. The number of halogens is 1. The van der Waals surface area contributed by atoms with Crippen molar-refractivity contribution in [3.05, 3.63) is 46.5 Å². The van der Waals surface area contributed by atoms with Crippen LogP contribution >= 0.6 is 0 Å². The second-order valence-electron chi connectivity index (χ2n) is 12.1. The topological polar surface area (TPSA) is 64.9 Å². The molecule has 2 atom stereocenters. The monoisotopic (exact) mass is 632 g/mol. The van der Waals surface area contributed by atoms with E-state index in [4.69, 9.17) is 9.47 Å². The molecule has 1 heterocycles. The van der Waals surface area contributed by atoms with Crippen molar-refractivity contribution in [2.75, 3.05) is 14.2 Å². The molecular formula is C30H42BrCoN2O4+. The van der Waals surface area contributed by atoms with Crippen LogP contribution in [0.2, 0.25) is 0 Å². The summed E-state index contributed by atoms with van der Waals surface area (Å²) >= 11 is 1.03. The zero-order chi connectivity index (χ0) is 27.1. The van der Waals surface area contributed by atoms with Crippen LogP contribution in [0.4, 0.5) is 0 Å². The van der Waals surface area contributed by atoms with E-state index in [-0.39, 0.29) is 27.8 Å². The Kier molecular flexibility index (Phi) is 9.31. The fourth-order valence-electron chi connectivity index (χ4n) is 5.15. The molecule has 6 nitrogen and oxygen atoms in total. The molecular weight excluding hydrogens is 591 g/mol. The fraction of sp³-hybridized carbons (Fsp3) is 0.533. The van der Waals surface area contributed by atoms with Gasteiger partial charge in [-0.05, 0) is 0 Å². The Morgan fingerprint density at radius 1 is 0.737 bits per heavy atom. The van der Waals surface area contributed by atoms with Gasteiger partial charge in [0, 0.05) is 0 Å². The molecule has 8 heteroatoms. The van der Waals surface area contributed by atoms with Gasteiger partial charge in [0.2, 0.25) is 0 Å². The zero-order valence-corrected chi connectivity index (χ0v) is 26.4. The molecule has 4 rings (SSSR count). The van der Waals surface area contributed by atoms with E-state index in [2.05, 4.69) is 61.2 Å². The van der Waals surface area contributed by atoms with Crippen molar-refractivity contribution in [2.45, 2.75) is 90.1 Å². The summed E-state index contributed by atoms with van der Waals surface area (Å²) in [6.45, 7) is 12.6. The number of hydrogen-bond donors (Lipinski definition) is 2. The van der Waals surface area contributed by atoms with Crippen LogP contribution in [0.3, 0.4) is 0 Å². The number of aromatic hydroxyl groups is 2. The normalized spacial score (nSPS) is 22.0. The van der Waals surface area contributed by atoms with Crippen molar-refractivity contribution >= 4 is 12.4 Å². The molecule has 211 valence electrons. The molecule has 0 spiro atoms. The van der Waals surface area contributed by atoms with Gasteiger partial charge in [-0.2, -0.15) is 0 Å². The minimum Gasteiger partial charge on any atom is -1.00 e. The first-order valence-corrected chi connectivity index (χ1v) is 14.0. The minimum atomic E-state index is -0.217. The Hall–Kier alpha value is -2.03. The summed E-state index contributed by atoms with van der Waals surface area (Å²) in [5, 5.41) is 22.4. The van der Waals surface area contributed by atoms with Crippen LogP contribution in [0.5, 0.6) is 23.0 Å². The van der Waals surface area contributed by atoms with Crippen molar-refractivity contribution in [2.24, 2.45) is 0 Å². The van der Waals surface area contributed by atoms with Crippen molar-refractivity contribution in [3.63, 3.8) is 0 Å². The maximum absolute atomic E-state index is 11.2. The predicted molar refractivity (Wildman–Crippen MR) is 144 cm³/mol. The van der Waals surface area contributed by atoms with E-state index in [1.54, 1.807) is 14.2 Å². The quantitative estimate of drug-likeness (QED) is 0.544. The van der Waals surface area contributed by atoms with Gasteiger partial charge in [-0.15, -0.1) is 0 Å². The Morgan fingerprint density at radius 3 is 1.42 bits per heavy atom. The van der Waals surface area contributed by atoms with Gasteiger partial charge in [0.15, 0.2) is 0 Å². The molecule has 0 bridgehead atoms. The number of fused-ring (bicyclic) bond motifs is 1. The van der Waals surface area contributed by atoms with Gasteiger partial charge in [-0.3, -0.25) is 0 Å². The molecule has 2 fully saturated rings. The molecule has 2 aromatic rings. The summed E-state index contributed by atoms with van der Waals surface area (Å²) < 4.78 is 15.8. The van der Waals surface area contributed by atoms with Crippen LogP contribution in [-0.4, -0.2) is 56.2 Å². The number of hydrogen-bond acceptors (Lipinski definition) is 4. The third-order valence-corrected chi connectivity index (χ3v) is 8.72. The molecule has 1 saturated heterocycles. The van der Waals surface area contributed by atoms with Crippen LogP contribution in [-0.2, 0) is 26.0 Å². The van der Waals surface area contributed by atoms with Crippen LogP contribution < -0.4 is 26.5 Å². The fourth-order valence-corrected chi connectivity index (χ4v) is 6.77. The molecule has 1 saturated carbocycles. The van der Waals surface area contributed by atoms with E-state index in [0.717, 1.165) is 61.7 Å². The van der Waals surface area contributed by atoms with E-state index in [0.29, 0.717) is 23.6 Å². The van der Waals surface area contributed by atoms with Gasteiger partial charge in [-0.1, -0.05) is 0 Å². The second kappa shape index (κ2) is 11.6. The third-order valence-electron chi connectivity index (χ3n) is 7.28. The summed E-state index contributed by atoms with van der Waals surface area (Å²) in [6.07, 6.45) is 8.71. The van der Waals surface area contributed by atoms with Gasteiger partial charge in [0.05, 0.1) is 0 Å². The molecule has 2 aliphatic rings. The van der Waals surface area contributed by atoms with Crippen molar-refractivity contribution in [3.8, 4) is 23.0 Å². The number of phenols is 2. The standard InChI is InChI=1S/C30H42N2O4.BrH.Co/c1-29(2,3)23-15-21(35-7)13-19(27(23)33)17-31-25-11-9-10-12-26(25)32-18-20-14-22(36-8)16-24(28(20)34)30(4,5)6;;/h13-18,25-26,33-34H,9-12H2,1-8H3;1H;/q;;+2/p-1/t25-,26-;;/m1../s1. The van der Waals surface area contributed by atoms with Gasteiger partial charge >= 0.3 is 228 Å². The average molecular weight is 634 g/mol. The molecule has 2 aromatic carbocycles. The van der Waals surface area contributed by atoms with Crippen molar-refractivity contribution < 1.29 is 59.0 Å². The second-order valence-corrected chi connectivity index (χ2v) is 13.4. The zero-order valence-electron chi connectivity index (χ0n) is 23.8. The number of phenolic OH excluding ortho intramolecular Hbond substituents is 2. The largest absolute Gasteiger partial charge is 1.00 e. The van der Waals surface area contributed by atoms with Crippen LogP contribution in [0.25, 0.3) is 0 Å². The Balaban J connectivity index is 0.00000400. The number of benzene rings is 2. The van der Waals surface area contributed by atoms with Crippen LogP contribution in [0, 0.1) is 0 Å². The van der Waals surface area contributed by atoms with Crippen molar-refractivity contribution in [1.82, 2.24) is 0 Å². The summed E-state index contributed by atoms with van der Waals surface area (Å²) in [5.41, 5.74) is 2.83. The minimum absolute atomic E-state index is 0. The first-order chi connectivity index (χ1) is 17.3. The molecule has 2 N–H and O–H groups in total. The SMILES string of the molecule is COc1cc(C=[N+]2[Co][N+](=Cc3cc(OC)cc(C(C)(C)C)c3O)[C@@H]3CCCC[C@H]32)c(O)c(C(C)(C)C)c1.[Br-]. The Bertz CT molecular complexity index is 1150. The number of nitrogens with zero attached hydrogens (tertiary/aromatic N) is 2. The molecule has 1 aliphatic heterocycles. The van der Waals surface area contributed by atoms with E-state index in [1.165, 1.54) is 12.8 Å². The molecule has 0 unspecified atom stereocenters. The number of rotatable bonds is 4. The number of methoxy groups -OCH3 is 2. The van der Waals surface area contributed by atoms with E-state index in [9.17, 15) is 10.2 Å². The molecule has 38 heavy (non-hydrogen) atoms. The van der Waals surface area contributed by atoms with E-state index < -0.39 is 0 Å². The van der Waals surface area contributed by atoms with Crippen LogP contribution in [0.15, 0.2) is 24.3 Å². The summed E-state index contributed by atoms with van der Waals surface area (Å²) in [5.74, 6) is 2.09. The molecule has 0 amide bonds. The Labute approximate surface area is 244 Å². The summed E-state index contributed by atoms with van der Waals surface area (Å²) in [7, 11) is 3.33. The first-order valence-electron chi connectivity index (χ1n) is 13.0. The van der Waals surface area contributed by atoms with Crippen molar-refractivity contribution in [1.29, 1.82) is 0 Å². The van der Waals surface area contributed by atoms with Crippen LogP contribution in [0.1, 0.15) is 89.5 Å². The third kappa shape index (κ3) is 6.23. The average Bonchev–Trinajstić information content (AvgIpc) is 3.17. The van der Waals surface area contributed by atoms with Gasteiger partial charge in [0.1, 0.15) is 0 Å². The number of ether oxygens (including phenoxy) is 2. The smallest absolute Gasteiger partial charge is 1.00 e. The van der Waals surface area contributed by atoms with E-state index in [1.807, 2.05) is 24.3 Å². The van der Waals surface area contributed by atoms with E-state index >= 15 is 0 Å². The maximum Gasteiger partial charge on any atom is -1.00 e. The molecule has 0 aromatic heterocycles. The maximum atomic E-state index is 11.2. The summed E-state index contributed by atoms with van der Waals surface area (Å²) in [4.78, 5) is 0. The first kappa shape index (κ1) is 30.5. The Morgan fingerprint density at radius 2 is 1.11 bits per heavy atom. The summed E-state index contributed by atoms with van der Waals surface area (Å²) in [6, 6.07) is 8.32. The molecule has 1 aliphatic carbocycles. The van der Waals surface area contributed by atoms with Gasteiger partial charge in [-0.25, -0.2) is 0 Å². The predicted octanol–water partition coefficient (Wildman–Crippen LogP) is 2.51. The van der Waals surface area contributed by atoms with Gasteiger partial charge < -0.3 is 17.0 Å².